The van der Waals surface area contributed by atoms with Crippen LogP contribution in [-0.2, 0) is 14.3 Å². The number of amides is 2. The second-order valence-corrected chi connectivity index (χ2v) is 6.10. The van der Waals surface area contributed by atoms with Gasteiger partial charge in [0, 0.05) is 13.7 Å². The molecule has 0 bridgehead atoms. The largest absolute Gasteiger partial charge is 0.380 e. The first-order valence-corrected chi connectivity index (χ1v) is 7.47. The van der Waals surface area contributed by atoms with Crippen molar-refractivity contribution in [3.8, 4) is 0 Å². The number of hydrogen-bond donors (Lipinski definition) is 1. The molecule has 1 heterocycles. The van der Waals surface area contributed by atoms with Crippen molar-refractivity contribution in [2.75, 3.05) is 13.7 Å². The van der Waals surface area contributed by atoms with E-state index in [2.05, 4.69) is 5.32 Å². The molecule has 0 aromatic rings. The van der Waals surface area contributed by atoms with E-state index in [0.29, 0.717) is 6.54 Å². The van der Waals surface area contributed by atoms with Crippen LogP contribution in [0.4, 0.5) is 0 Å². The molecule has 2 amide bonds. The lowest BCUT2D eigenvalue weighted by Crippen LogP contribution is -2.67. The number of ether oxygens (including phenoxy) is 1. The van der Waals surface area contributed by atoms with E-state index < -0.39 is 6.04 Å². The molecule has 0 aromatic heterocycles. The summed E-state index contributed by atoms with van der Waals surface area (Å²) in [5.74, 6) is 0.190. The summed E-state index contributed by atoms with van der Waals surface area (Å²) in [6.45, 7) is 10.3. The highest BCUT2D eigenvalue weighted by molar-refractivity contribution is 5.97. The van der Waals surface area contributed by atoms with Gasteiger partial charge in [-0.25, -0.2) is 0 Å². The number of piperazine rings is 1. The molecule has 1 rings (SSSR count). The van der Waals surface area contributed by atoms with E-state index in [1.807, 2.05) is 34.6 Å². The lowest BCUT2D eigenvalue weighted by atomic mass is 9.90. The Balaban J connectivity index is 3.03. The van der Waals surface area contributed by atoms with Gasteiger partial charge in [0.1, 0.15) is 12.1 Å². The van der Waals surface area contributed by atoms with E-state index in [1.165, 1.54) is 0 Å². The first-order chi connectivity index (χ1) is 9.33. The molecule has 116 valence electrons. The summed E-state index contributed by atoms with van der Waals surface area (Å²) < 4.78 is 5.27. The van der Waals surface area contributed by atoms with Crippen LogP contribution in [0.3, 0.4) is 0 Å². The Morgan fingerprint density at radius 2 is 1.85 bits per heavy atom. The van der Waals surface area contributed by atoms with Gasteiger partial charge in [-0.05, 0) is 18.8 Å². The lowest BCUT2D eigenvalue weighted by molar-refractivity contribution is -0.154. The molecule has 4 unspecified atom stereocenters. The number of methoxy groups -OCH3 is 1. The lowest BCUT2D eigenvalue weighted by Gasteiger charge is -2.43. The third kappa shape index (κ3) is 3.51. The zero-order valence-electron chi connectivity index (χ0n) is 13.5. The van der Waals surface area contributed by atoms with E-state index in [0.717, 1.165) is 6.42 Å². The van der Waals surface area contributed by atoms with E-state index in [4.69, 9.17) is 4.74 Å². The molecule has 1 aliphatic heterocycles. The van der Waals surface area contributed by atoms with Crippen LogP contribution in [0.25, 0.3) is 0 Å². The summed E-state index contributed by atoms with van der Waals surface area (Å²) in [6.07, 6.45) is 0.777. The van der Waals surface area contributed by atoms with E-state index in [-0.39, 0.29) is 35.8 Å². The zero-order chi connectivity index (χ0) is 15.4. The number of nitrogens with zero attached hydrogens (tertiary/aromatic N) is 1. The van der Waals surface area contributed by atoms with Crippen molar-refractivity contribution < 1.29 is 14.3 Å². The van der Waals surface area contributed by atoms with Crippen LogP contribution in [0.15, 0.2) is 0 Å². The topological polar surface area (TPSA) is 58.6 Å². The van der Waals surface area contributed by atoms with E-state index >= 15 is 0 Å². The highest BCUT2D eigenvalue weighted by Gasteiger charge is 2.43. The number of nitrogens with one attached hydrogen (secondary N) is 1. The molecular formula is C15H28N2O3. The minimum absolute atomic E-state index is 0.00815. The summed E-state index contributed by atoms with van der Waals surface area (Å²) in [7, 11) is 1.62. The Morgan fingerprint density at radius 1 is 1.25 bits per heavy atom. The maximum absolute atomic E-state index is 12.7. The predicted molar refractivity (Wildman–Crippen MR) is 78.2 cm³/mol. The minimum Gasteiger partial charge on any atom is -0.380 e. The Kier molecular flexibility index (Phi) is 5.99. The molecule has 0 aromatic carbocycles. The van der Waals surface area contributed by atoms with Gasteiger partial charge in [-0.15, -0.1) is 0 Å². The second kappa shape index (κ2) is 7.07. The maximum Gasteiger partial charge on any atom is 0.246 e. The second-order valence-electron chi connectivity index (χ2n) is 6.10. The van der Waals surface area contributed by atoms with Gasteiger partial charge in [-0.3, -0.25) is 9.59 Å². The molecule has 1 N–H and O–H groups in total. The van der Waals surface area contributed by atoms with Crippen molar-refractivity contribution in [3.63, 3.8) is 0 Å². The van der Waals surface area contributed by atoms with Gasteiger partial charge in [0.2, 0.25) is 11.8 Å². The molecule has 0 aliphatic carbocycles. The predicted octanol–water partition coefficient (Wildman–Crippen LogP) is 1.42. The molecule has 5 heteroatoms. The first kappa shape index (κ1) is 17.0. The average Bonchev–Trinajstić information content (AvgIpc) is 2.41. The normalized spacial score (nSPS) is 26.6. The number of carbonyl (C=O) groups excluding carboxylic acids is 2. The smallest absolute Gasteiger partial charge is 0.246 e. The van der Waals surface area contributed by atoms with Gasteiger partial charge in [-0.2, -0.15) is 0 Å². The fourth-order valence-corrected chi connectivity index (χ4v) is 2.55. The summed E-state index contributed by atoms with van der Waals surface area (Å²) in [5, 5.41) is 2.88. The van der Waals surface area contributed by atoms with Crippen molar-refractivity contribution in [2.24, 2.45) is 11.8 Å². The van der Waals surface area contributed by atoms with Crippen LogP contribution in [-0.4, -0.2) is 48.6 Å². The minimum atomic E-state index is -0.424. The van der Waals surface area contributed by atoms with Gasteiger partial charge in [-0.1, -0.05) is 34.1 Å². The molecular weight excluding hydrogens is 256 g/mol. The zero-order valence-corrected chi connectivity index (χ0v) is 13.5. The van der Waals surface area contributed by atoms with Crippen molar-refractivity contribution in [1.29, 1.82) is 0 Å². The van der Waals surface area contributed by atoms with Crippen LogP contribution < -0.4 is 5.32 Å². The number of hydrogen-bond acceptors (Lipinski definition) is 3. The van der Waals surface area contributed by atoms with Crippen LogP contribution >= 0.6 is 0 Å². The first-order valence-electron chi connectivity index (χ1n) is 7.47. The number of carbonyl (C=O) groups is 2. The van der Waals surface area contributed by atoms with Crippen molar-refractivity contribution in [1.82, 2.24) is 10.2 Å². The Bertz CT molecular complexity index is 357. The average molecular weight is 284 g/mol. The van der Waals surface area contributed by atoms with Gasteiger partial charge < -0.3 is 15.0 Å². The molecule has 1 fully saturated rings. The highest BCUT2D eigenvalue weighted by atomic mass is 16.5. The molecule has 4 atom stereocenters. The van der Waals surface area contributed by atoms with Crippen molar-refractivity contribution in [2.45, 2.75) is 59.2 Å². The Hall–Kier alpha value is -1.10. The Morgan fingerprint density at radius 3 is 2.30 bits per heavy atom. The highest BCUT2D eigenvalue weighted by Crippen LogP contribution is 2.23. The summed E-state index contributed by atoms with van der Waals surface area (Å²) in [6, 6.07) is -0.813. The van der Waals surface area contributed by atoms with Crippen molar-refractivity contribution in [3.05, 3.63) is 0 Å². The fourth-order valence-electron chi connectivity index (χ4n) is 2.55. The Labute approximate surface area is 122 Å². The van der Waals surface area contributed by atoms with Crippen LogP contribution in [0.1, 0.15) is 41.0 Å². The van der Waals surface area contributed by atoms with Gasteiger partial charge in [0.25, 0.3) is 0 Å². The standard InChI is InChI=1S/C15H28N2O3/c1-7-10(4)13-14(18)16-12(9(2)3)15(19)17(13)8-11(5)20-6/h9-13H,7-8H2,1-6H3,(H,16,18). The van der Waals surface area contributed by atoms with Crippen LogP contribution in [0.2, 0.25) is 0 Å². The van der Waals surface area contributed by atoms with Crippen LogP contribution in [0.5, 0.6) is 0 Å². The molecule has 1 aliphatic rings. The van der Waals surface area contributed by atoms with Crippen molar-refractivity contribution >= 4 is 11.8 Å². The van der Waals surface area contributed by atoms with Gasteiger partial charge in [0.15, 0.2) is 0 Å². The maximum atomic E-state index is 12.7. The number of rotatable bonds is 6. The van der Waals surface area contributed by atoms with Crippen LogP contribution in [0, 0.1) is 11.8 Å². The molecule has 0 spiro atoms. The van der Waals surface area contributed by atoms with E-state index in [9.17, 15) is 9.59 Å². The molecule has 0 saturated carbocycles. The molecule has 1 saturated heterocycles. The third-order valence-corrected chi connectivity index (χ3v) is 4.16. The molecule has 20 heavy (non-hydrogen) atoms. The van der Waals surface area contributed by atoms with Gasteiger partial charge >= 0.3 is 0 Å². The quantitative estimate of drug-likeness (QED) is 0.802. The van der Waals surface area contributed by atoms with Gasteiger partial charge in [0.05, 0.1) is 6.10 Å². The fraction of sp³-hybridized carbons (Fsp3) is 0.867. The summed E-state index contributed by atoms with van der Waals surface area (Å²) in [4.78, 5) is 26.8. The molecule has 0 radical (unpaired) electrons. The summed E-state index contributed by atoms with van der Waals surface area (Å²) >= 11 is 0. The third-order valence-electron chi connectivity index (χ3n) is 4.16. The molecule has 5 nitrogen and oxygen atoms in total. The monoisotopic (exact) mass is 284 g/mol. The summed E-state index contributed by atoms with van der Waals surface area (Å²) in [5.41, 5.74) is 0. The van der Waals surface area contributed by atoms with E-state index in [1.54, 1.807) is 12.0 Å². The SMILES string of the molecule is CCC(C)C1C(=O)NC(C(C)C)C(=O)N1CC(C)OC.